The van der Waals surface area contributed by atoms with Crippen molar-refractivity contribution in [2.75, 3.05) is 0 Å². The number of thioether (sulfide) groups is 1. The van der Waals surface area contributed by atoms with E-state index in [0.29, 0.717) is 16.7 Å². The summed E-state index contributed by atoms with van der Waals surface area (Å²) in [7, 11) is 0. The molecular weight excluding hydrogens is 354 g/mol. The van der Waals surface area contributed by atoms with E-state index in [1.165, 1.54) is 23.9 Å². The van der Waals surface area contributed by atoms with Crippen molar-refractivity contribution in [3.63, 3.8) is 0 Å². The summed E-state index contributed by atoms with van der Waals surface area (Å²) in [5.41, 5.74) is 1.59. The number of ether oxygens (including phenoxy) is 1. The Balaban J connectivity index is 1.84. The minimum atomic E-state index is -0.415. The van der Waals surface area contributed by atoms with Crippen LogP contribution >= 0.6 is 11.8 Å². The van der Waals surface area contributed by atoms with Crippen LogP contribution in [-0.4, -0.2) is 31.2 Å². The topological polar surface area (TPSA) is 96.0 Å². The number of nitro benzene ring substituents is 1. The molecule has 0 spiro atoms. The zero-order chi connectivity index (χ0) is 18.5. The quantitative estimate of drug-likeness (QED) is 0.355. The molecule has 0 aliphatic heterocycles. The second-order valence-electron chi connectivity index (χ2n) is 5.71. The van der Waals surface area contributed by atoms with E-state index in [2.05, 4.69) is 15.5 Å². The molecule has 0 aliphatic rings. The van der Waals surface area contributed by atoms with Crippen LogP contribution in [0.2, 0.25) is 0 Å². The monoisotopic (exact) mass is 371 g/mol. The fourth-order valence-corrected chi connectivity index (χ4v) is 3.17. The van der Waals surface area contributed by atoms with Crippen molar-refractivity contribution < 1.29 is 9.66 Å². The molecule has 0 bridgehead atoms. The number of aromatic nitrogens is 4. The SMILES string of the molecule is CC(C)Oc1ccc([N+](=O)[O-])cc1CSc1nnnn1-c1ccccc1. The van der Waals surface area contributed by atoms with Crippen LogP contribution in [0, 0.1) is 10.1 Å². The van der Waals surface area contributed by atoms with Gasteiger partial charge in [-0.05, 0) is 42.5 Å². The molecule has 0 aliphatic carbocycles. The van der Waals surface area contributed by atoms with E-state index in [1.54, 1.807) is 10.7 Å². The van der Waals surface area contributed by atoms with Gasteiger partial charge in [0.25, 0.3) is 5.69 Å². The maximum Gasteiger partial charge on any atom is 0.270 e. The Morgan fingerprint density at radius 3 is 2.69 bits per heavy atom. The molecule has 9 heteroatoms. The predicted molar refractivity (Wildman–Crippen MR) is 97.6 cm³/mol. The van der Waals surface area contributed by atoms with Crippen LogP contribution in [0.5, 0.6) is 5.75 Å². The summed E-state index contributed by atoms with van der Waals surface area (Å²) in [6.45, 7) is 3.82. The van der Waals surface area contributed by atoms with E-state index in [9.17, 15) is 10.1 Å². The Morgan fingerprint density at radius 2 is 2.00 bits per heavy atom. The Labute approximate surface area is 154 Å². The highest BCUT2D eigenvalue weighted by atomic mass is 32.2. The molecule has 1 aromatic heterocycles. The van der Waals surface area contributed by atoms with E-state index in [4.69, 9.17) is 4.74 Å². The van der Waals surface area contributed by atoms with Gasteiger partial charge in [0.1, 0.15) is 5.75 Å². The summed E-state index contributed by atoms with van der Waals surface area (Å²) >= 11 is 1.39. The molecule has 0 saturated heterocycles. The number of rotatable bonds is 7. The highest BCUT2D eigenvalue weighted by Crippen LogP contribution is 2.31. The summed E-state index contributed by atoms with van der Waals surface area (Å²) in [4.78, 5) is 10.7. The van der Waals surface area contributed by atoms with Gasteiger partial charge in [0.15, 0.2) is 0 Å². The van der Waals surface area contributed by atoms with Gasteiger partial charge in [0.05, 0.1) is 16.7 Å². The van der Waals surface area contributed by atoms with Crippen LogP contribution in [0.1, 0.15) is 19.4 Å². The minimum Gasteiger partial charge on any atom is -0.491 e. The van der Waals surface area contributed by atoms with Crippen LogP contribution in [-0.2, 0) is 5.75 Å². The van der Waals surface area contributed by atoms with Crippen LogP contribution < -0.4 is 4.74 Å². The highest BCUT2D eigenvalue weighted by molar-refractivity contribution is 7.98. The molecule has 0 amide bonds. The van der Waals surface area contributed by atoms with Gasteiger partial charge in [-0.15, -0.1) is 5.10 Å². The van der Waals surface area contributed by atoms with Gasteiger partial charge >= 0.3 is 0 Å². The molecule has 3 rings (SSSR count). The number of non-ortho nitro benzene ring substituents is 1. The van der Waals surface area contributed by atoms with Gasteiger partial charge in [-0.2, -0.15) is 4.68 Å². The molecule has 1 heterocycles. The van der Waals surface area contributed by atoms with Gasteiger partial charge in [-0.1, -0.05) is 30.0 Å². The molecule has 134 valence electrons. The largest absolute Gasteiger partial charge is 0.491 e. The standard InChI is InChI=1S/C17H17N5O3S/c1-12(2)25-16-9-8-15(22(23)24)10-13(16)11-26-17-18-19-20-21(17)14-6-4-3-5-7-14/h3-10,12H,11H2,1-2H3. The fourth-order valence-electron chi connectivity index (χ4n) is 2.30. The first-order valence-corrected chi connectivity index (χ1v) is 8.93. The Morgan fingerprint density at radius 1 is 1.23 bits per heavy atom. The highest BCUT2D eigenvalue weighted by Gasteiger charge is 2.15. The first-order valence-electron chi connectivity index (χ1n) is 7.95. The molecule has 2 aromatic carbocycles. The number of para-hydroxylation sites is 1. The van der Waals surface area contributed by atoms with Gasteiger partial charge < -0.3 is 4.74 Å². The number of hydrogen-bond acceptors (Lipinski definition) is 7. The summed E-state index contributed by atoms with van der Waals surface area (Å²) < 4.78 is 7.40. The number of hydrogen-bond donors (Lipinski definition) is 0. The molecular formula is C17H17N5O3S. The van der Waals surface area contributed by atoms with E-state index in [-0.39, 0.29) is 11.8 Å². The van der Waals surface area contributed by atoms with Crippen molar-refractivity contribution in [1.29, 1.82) is 0 Å². The first kappa shape index (κ1) is 17.9. The van der Waals surface area contributed by atoms with Gasteiger partial charge in [-0.25, -0.2) is 0 Å². The lowest BCUT2D eigenvalue weighted by atomic mass is 10.2. The third-order valence-electron chi connectivity index (χ3n) is 3.42. The molecule has 0 saturated carbocycles. The summed E-state index contributed by atoms with van der Waals surface area (Å²) in [6.07, 6.45) is -0.0326. The Kier molecular flexibility index (Phi) is 5.47. The van der Waals surface area contributed by atoms with Crippen molar-refractivity contribution in [3.8, 4) is 11.4 Å². The number of nitro groups is 1. The van der Waals surface area contributed by atoms with Crippen molar-refractivity contribution in [2.45, 2.75) is 30.9 Å². The lowest BCUT2D eigenvalue weighted by Gasteiger charge is -2.14. The van der Waals surface area contributed by atoms with Gasteiger partial charge in [0.2, 0.25) is 5.16 Å². The normalized spacial score (nSPS) is 10.9. The first-order chi connectivity index (χ1) is 12.5. The van der Waals surface area contributed by atoms with Crippen LogP contribution in [0.3, 0.4) is 0 Å². The summed E-state index contributed by atoms with van der Waals surface area (Å²) in [5.74, 6) is 1.06. The van der Waals surface area contributed by atoms with Gasteiger partial charge in [0, 0.05) is 23.4 Å². The van der Waals surface area contributed by atoms with Crippen molar-refractivity contribution in [2.24, 2.45) is 0 Å². The molecule has 0 radical (unpaired) electrons. The van der Waals surface area contributed by atoms with E-state index in [0.717, 1.165) is 11.3 Å². The van der Waals surface area contributed by atoms with E-state index in [1.807, 2.05) is 44.2 Å². The maximum atomic E-state index is 11.1. The predicted octanol–water partition coefficient (Wildman–Crippen LogP) is 3.65. The number of benzene rings is 2. The molecule has 0 unspecified atom stereocenters. The van der Waals surface area contributed by atoms with Crippen molar-refractivity contribution in [1.82, 2.24) is 20.2 Å². The van der Waals surface area contributed by atoms with Crippen molar-refractivity contribution >= 4 is 17.4 Å². The minimum absolute atomic E-state index is 0.0272. The third-order valence-corrected chi connectivity index (χ3v) is 4.38. The molecule has 3 aromatic rings. The van der Waals surface area contributed by atoms with Crippen molar-refractivity contribution in [3.05, 3.63) is 64.2 Å². The average Bonchev–Trinajstić information content (AvgIpc) is 3.09. The second kappa shape index (κ2) is 7.96. The second-order valence-corrected chi connectivity index (χ2v) is 6.66. The molecule has 0 atom stereocenters. The fraction of sp³-hybridized carbons (Fsp3) is 0.235. The van der Waals surface area contributed by atoms with Crippen LogP contribution in [0.15, 0.2) is 53.7 Å². The summed E-state index contributed by atoms with van der Waals surface area (Å²) in [5, 5.41) is 23.5. The van der Waals surface area contributed by atoms with E-state index >= 15 is 0 Å². The Hall–Kier alpha value is -2.94. The number of tetrazole rings is 1. The van der Waals surface area contributed by atoms with E-state index < -0.39 is 4.92 Å². The third kappa shape index (κ3) is 4.17. The summed E-state index contributed by atoms with van der Waals surface area (Å²) in [6, 6.07) is 14.1. The number of nitrogens with zero attached hydrogens (tertiary/aromatic N) is 5. The zero-order valence-electron chi connectivity index (χ0n) is 14.3. The molecule has 0 fully saturated rings. The molecule has 0 N–H and O–H groups in total. The smallest absolute Gasteiger partial charge is 0.270 e. The maximum absolute atomic E-state index is 11.1. The zero-order valence-corrected chi connectivity index (χ0v) is 15.1. The van der Waals surface area contributed by atoms with Gasteiger partial charge in [-0.3, -0.25) is 10.1 Å². The average molecular weight is 371 g/mol. The molecule has 8 nitrogen and oxygen atoms in total. The lowest BCUT2D eigenvalue weighted by molar-refractivity contribution is -0.384. The van der Waals surface area contributed by atoms with Crippen LogP contribution in [0.4, 0.5) is 5.69 Å². The Bertz CT molecular complexity index is 898. The van der Waals surface area contributed by atoms with Crippen LogP contribution in [0.25, 0.3) is 5.69 Å². The molecule has 26 heavy (non-hydrogen) atoms. The lowest BCUT2D eigenvalue weighted by Crippen LogP contribution is -2.07.